The number of carbonyl (C=O) groups is 2. The number of thiocarbonyl (C=S) groups is 1. The smallest absolute Gasteiger partial charge is 0.326 e. The first kappa shape index (κ1) is 21.2. The number of rotatable bonds is 9. The van der Waals surface area contributed by atoms with Crippen LogP contribution in [0.3, 0.4) is 0 Å². The first-order chi connectivity index (χ1) is 12.9. The molecule has 1 atom stereocenters. The lowest BCUT2D eigenvalue weighted by molar-refractivity contribution is -0.145. The fourth-order valence-electron chi connectivity index (χ4n) is 2.71. The van der Waals surface area contributed by atoms with E-state index < -0.39 is 12.0 Å². The maximum atomic E-state index is 12.8. The van der Waals surface area contributed by atoms with Crippen molar-refractivity contribution in [3.63, 3.8) is 0 Å². The Balaban J connectivity index is 2.28. The third kappa shape index (κ3) is 5.01. The van der Waals surface area contributed by atoms with Crippen LogP contribution in [0.25, 0.3) is 6.08 Å². The van der Waals surface area contributed by atoms with Crippen LogP contribution in [-0.2, 0) is 9.59 Å². The number of carbonyl (C=O) groups excluding carboxylic acids is 1. The van der Waals surface area contributed by atoms with Crippen molar-refractivity contribution in [1.82, 2.24) is 4.90 Å². The highest BCUT2D eigenvalue weighted by Crippen LogP contribution is 2.36. The van der Waals surface area contributed by atoms with Crippen LogP contribution in [0.1, 0.15) is 38.7 Å². The van der Waals surface area contributed by atoms with E-state index in [-0.39, 0.29) is 10.2 Å². The van der Waals surface area contributed by atoms with Crippen LogP contribution < -0.4 is 9.47 Å². The second-order valence-corrected chi connectivity index (χ2v) is 7.57. The molecule has 0 saturated carbocycles. The molecule has 0 aromatic heterocycles. The van der Waals surface area contributed by atoms with Gasteiger partial charge >= 0.3 is 5.97 Å². The summed E-state index contributed by atoms with van der Waals surface area (Å²) in [6, 6.07) is 4.42. The number of aliphatic carboxylic acids is 1. The Morgan fingerprint density at radius 2 is 2.11 bits per heavy atom. The molecular weight excluding hydrogens is 386 g/mol. The minimum absolute atomic E-state index is 0.271. The molecule has 1 saturated heterocycles. The van der Waals surface area contributed by atoms with Crippen molar-refractivity contribution in [3.8, 4) is 11.5 Å². The molecule has 1 aromatic rings. The number of carboxylic acids is 1. The van der Waals surface area contributed by atoms with E-state index in [2.05, 4.69) is 0 Å². The van der Waals surface area contributed by atoms with Crippen LogP contribution in [0.2, 0.25) is 0 Å². The molecule has 6 nitrogen and oxygen atoms in total. The minimum Gasteiger partial charge on any atom is -0.493 e. The van der Waals surface area contributed by atoms with Gasteiger partial charge in [0.25, 0.3) is 5.91 Å². The number of benzene rings is 1. The number of carboxylic acid groups (broad SMARTS) is 1. The molecule has 1 amide bonds. The summed E-state index contributed by atoms with van der Waals surface area (Å²) in [5, 5.41) is 9.51. The van der Waals surface area contributed by atoms with Crippen LogP contribution in [0.15, 0.2) is 23.1 Å². The van der Waals surface area contributed by atoms with Crippen molar-refractivity contribution in [1.29, 1.82) is 0 Å². The van der Waals surface area contributed by atoms with Gasteiger partial charge in [-0.05, 0) is 37.1 Å². The quantitative estimate of drug-likeness (QED) is 0.489. The molecule has 0 spiro atoms. The maximum absolute atomic E-state index is 12.8. The van der Waals surface area contributed by atoms with E-state index in [0.29, 0.717) is 35.9 Å². The zero-order valence-electron chi connectivity index (χ0n) is 15.6. The van der Waals surface area contributed by atoms with Crippen molar-refractivity contribution >= 4 is 46.3 Å². The summed E-state index contributed by atoms with van der Waals surface area (Å²) in [5.74, 6) is -0.229. The standard InChI is InChI=1S/C19H23NO5S2/c1-4-6-7-13(18(22)23)20-17(21)16(27-19(20)26)11-12-8-9-14(25-5-2)15(10-12)24-3/h8-11,13H,4-7H2,1-3H3,(H,22,23)/b16-11-/t13-/m1/s1. The summed E-state index contributed by atoms with van der Waals surface area (Å²) < 4.78 is 11.1. The second kappa shape index (κ2) is 9.75. The lowest BCUT2D eigenvalue weighted by atomic mass is 10.1. The third-order valence-corrected chi connectivity index (χ3v) is 5.37. The van der Waals surface area contributed by atoms with Crippen LogP contribution in [-0.4, -0.2) is 46.0 Å². The van der Waals surface area contributed by atoms with Crippen LogP contribution >= 0.6 is 24.0 Å². The third-order valence-electron chi connectivity index (χ3n) is 4.04. The van der Waals surface area contributed by atoms with Crippen molar-refractivity contribution in [2.24, 2.45) is 0 Å². The van der Waals surface area contributed by atoms with E-state index in [4.69, 9.17) is 21.7 Å². The monoisotopic (exact) mass is 409 g/mol. The van der Waals surface area contributed by atoms with E-state index in [1.54, 1.807) is 25.3 Å². The van der Waals surface area contributed by atoms with E-state index in [1.807, 2.05) is 19.9 Å². The summed E-state index contributed by atoms with van der Waals surface area (Å²) in [6.07, 6.45) is 3.63. The van der Waals surface area contributed by atoms with Gasteiger partial charge in [-0.25, -0.2) is 4.79 Å². The fraction of sp³-hybridized carbons (Fsp3) is 0.421. The van der Waals surface area contributed by atoms with Gasteiger partial charge in [-0.2, -0.15) is 0 Å². The number of hydrogen-bond donors (Lipinski definition) is 1. The molecule has 8 heteroatoms. The first-order valence-electron chi connectivity index (χ1n) is 8.73. The summed E-state index contributed by atoms with van der Waals surface area (Å²) in [6.45, 7) is 4.38. The molecule has 2 rings (SSSR count). The van der Waals surface area contributed by atoms with Crippen molar-refractivity contribution in [2.75, 3.05) is 13.7 Å². The van der Waals surface area contributed by atoms with Crippen LogP contribution in [0, 0.1) is 0 Å². The molecule has 0 bridgehead atoms. The Morgan fingerprint density at radius 3 is 2.70 bits per heavy atom. The number of hydrogen-bond acceptors (Lipinski definition) is 6. The number of nitrogens with zero attached hydrogens (tertiary/aromatic N) is 1. The van der Waals surface area contributed by atoms with Crippen LogP contribution in [0.4, 0.5) is 0 Å². The lowest BCUT2D eigenvalue weighted by Gasteiger charge is -2.22. The second-order valence-electron chi connectivity index (χ2n) is 5.89. The molecule has 1 aromatic carbocycles. The van der Waals surface area contributed by atoms with Gasteiger partial charge in [-0.15, -0.1) is 0 Å². The molecular formula is C19H23NO5S2. The van der Waals surface area contributed by atoms with E-state index in [0.717, 1.165) is 23.7 Å². The SMILES string of the molecule is CCCC[C@H](C(=O)O)N1C(=O)/C(=C/c2ccc(OCC)c(OC)c2)SC1=S. The Morgan fingerprint density at radius 1 is 1.37 bits per heavy atom. The molecule has 1 heterocycles. The summed E-state index contributed by atoms with van der Waals surface area (Å²) in [7, 11) is 1.55. The van der Waals surface area contributed by atoms with Gasteiger partial charge in [-0.3, -0.25) is 9.69 Å². The predicted octanol–water partition coefficient (Wildman–Crippen LogP) is 3.94. The average Bonchev–Trinajstić information content (AvgIpc) is 2.91. The first-order valence-corrected chi connectivity index (χ1v) is 9.96. The molecule has 1 aliphatic heterocycles. The summed E-state index contributed by atoms with van der Waals surface area (Å²) in [5.41, 5.74) is 0.747. The number of amides is 1. The zero-order valence-corrected chi connectivity index (χ0v) is 17.2. The number of methoxy groups -OCH3 is 1. The van der Waals surface area contributed by atoms with Gasteiger partial charge in [0.2, 0.25) is 0 Å². The van der Waals surface area contributed by atoms with Crippen molar-refractivity contribution in [2.45, 2.75) is 39.2 Å². The van der Waals surface area contributed by atoms with E-state index >= 15 is 0 Å². The average molecular weight is 410 g/mol. The fourth-order valence-corrected chi connectivity index (χ4v) is 4.07. The lowest BCUT2D eigenvalue weighted by Crippen LogP contribution is -2.43. The highest BCUT2D eigenvalue weighted by molar-refractivity contribution is 8.26. The summed E-state index contributed by atoms with van der Waals surface area (Å²) >= 11 is 6.40. The molecule has 0 unspecified atom stereocenters. The van der Waals surface area contributed by atoms with Gasteiger partial charge in [0.15, 0.2) is 11.5 Å². The van der Waals surface area contributed by atoms with Gasteiger partial charge in [0.05, 0.1) is 18.6 Å². The van der Waals surface area contributed by atoms with E-state index in [9.17, 15) is 14.7 Å². The predicted molar refractivity (Wildman–Crippen MR) is 110 cm³/mol. The summed E-state index contributed by atoms with van der Waals surface area (Å²) in [4.78, 5) is 26.0. The molecule has 1 aliphatic rings. The molecule has 146 valence electrons. The largest absolute Gasteiger partial charge is 0.493 e. The Hall–Kier alpha value is -2.06. The van der Waals surface area contributed by atoms with Gasteiger partial charge in [-0.1, -0.05) is 49.8 Å². The van der Waals surface area contributed by atoms with Gasteiger partial charge in [0.1, 0.15) is 10.4 Å². The highest BCUT2D eigenvalue weighted by Gasteiger charge is 2.40. The van der Waals surface area contributed by atoms with Gasteiger partial charge in [0, 0.05) is 0 Å². The highest BCUT2D eigenvalue weighted by atomic mass is 32.2. The number of unbranched alkanes of at least 4 members (excludes halogenated alkanes) is 1. The molecule has 1 fully saturated rings. The van der Waals surface area contributed by atoms with Crippen LogP contribution in [0.5, 0.6) is 11.5 Å². The number of ether oxygens (including phenoxy) is 2. The number of thioether (sulfide) groups is 1. The van der Waals surface area contributed by atoms with Crippen molar-refractivity contribution in [3.05, 3.63) is 28.7 Å². The van der Waals surface area contributed by atoms with Gasteiger partial charge < -0.3 is 14.6 Å². The Labute approximate surface area is 168 Å². The van der Waals surface area contributed by atoms with Crippen molar-refractivity contribution < 1.29 is 24.2 Å². The molecule has 0 radical (unpaired) electrons. The zero-order chi connectivity index (χ0) is 20.0. The Kier molecular flexibility index (Phi) is 7.67. The minimum atomic E-state index is -1.04. The topological polar surface area (TPSA) is 76.1 Å². The molecule has 1 N–H and O–H groups in total. The van der Waals surface area contributed by atoms with E-state index in [1.165, 1.54) is 4.90 Å². The maximum Gasteiger partial charge on any atom is 0.326 e. The molecule has 0 aliphatic carbocycles. The normalized spacial score (nSPS) is 16.7. The molecule has 27 heavy (non-hydrogen) atoms. The Bertz CT molecular complexity index is 762.